The smallest absolute Gasteiger partial charge is 0.330 e. The van der Waals surface area contributed by atoms with E-state index in [0.29, 0.717) is 29.5 Å². The standard InChI is InChI=1S/C15H17NO5S/c1-2-14(17)16-8-22-7-11(16)15(18)19-6-10-3-4-12-13(5-10)21-9-20-12/h3-5,11H,2,6-9H2,1H3/t11-/m0/s1. The van der Waals surface area contributed by atoms with Gasteiger partial charge in [-0.05, 0) is 17.7 Å². The maximum Gasteiger partial charge on any atom is 0.330 e. The summed E-state index contributed by atoms with van der Waals surface area (Å²) < 4.78 is 15.9. The molecule has 1 fully saturated rings. The Bertz CT molecular complexity index is 591. The highest BCUT2D eigenvalue weighted by molar-refractivity contribution is 7.99. The molecular weight excluding hydrogens is 306 g/mol. The minimum atomic E-state index is -0.480. The summed E-state index contributed by atoms with van der Waals surface area (Å²) in [6, 6.07) is 4.95. The molecule has 0 bridgehead atoms. The van der Waals surface area contributed by atoms with Crippen molar-refractivity contribution in [1.29, 1.82) is 0 Å². The molecule has 0 spiro atoms. The summed E-state index contributed by atoms with van der Waals surface area (Å²) in [5.41, 5.74) is 0.830. The van der Waals surface area contributed by atoms with E-state index in [1.165, 1.54) is 0 Å². The van der Waals surface area contributed by atoms with Crippen LogP contribution in [0.4, 0.5) is 0 Å². The van der Waals surface area contributed by atoms with Crippen LogP contribution in [0.3, 0.4) is 0 Å². The van der Waals surface area contributed by atoms with Crippen LogP contribution in [0.5, 0.6) is 11.5 Å². The number of hydrogen-bond acceptors (Lipinski definition) is 6. The van der Waals surface area contributed by atoms with E-state index in [-0.39, 0.29) is 25.3 Å². The minimum absolute atomic E-state index is 0.0185. The quantitative estimate of drug-likeness (QED) is 0.787. The average Bonchev–Trinajstić information content (AvgIpc) is 3.19. The Labute approximate surface area is 132 Å². The second kappa shape index (κ2) is 6.48. The van der Waals surface area contributed by atoms with Gasteiger partial charge in [0, 0.05) is 12.2 Å². The number of hydrogen-bond donors (Lipinski definition) is 0. The normalized spacial score (nSPS) is 19.3. The Hall–Kier alpha value is -1.89. The van der Waals surface area contributed by atoms with Crippen molar-refractivity contribution in [2.24, 2.45) is 0 Å². The van der Waals surface area contributed by atoms with Crippen molar-refractivity contribution >= 4 is 23.6 Å². The zero-order valence-corrected chi connectivity index (χ0v) is 13.1. The molecule has 3 rings (SSSR count). The second-order valence-corrected chi connectivity index (χ2v) is 6.03. The maximum atomic E-state index is 12.2. The number of fused-ring (bicyclic) bond motifs is 1. The SMILES string of the molecule is CCC(=O)N1CSC[C@H]1C(=O)OCc1ccc2c(c1)OCO2. The molecule has 0 radical (unpaired) electrons. The highest BCUT2D eigenvalue weighted by atomic mass is 32.2. The van der Waals surface area contributed by atoms with Gasteiger partial charge in [-0.3, -0.25) is 4.79 Å². The Kier molecular flexibility index (Phi) is 4.42. The average molecular weight is 323 g/mol. The third kappa shape index (κ3) is 2.99. The van der Waals surface area contributed by atoms with Gasteiger partial charge >= 0.3 is 5.97 Å². The molecule has 6 nitrogen and oxygen atoms in total. The molecule has 2 aliphatic heterocycles. The Morgan fingerprint density at radius 2 is 2.18 bits per heavy atom. The van der Waals surface area contributed by atoms with Crippen molar-refractivity contribution in [2.45, 2.75) is 26.0 Å². The maximum absolute atomic E-state index is 12.2. The summed E-state index contributed by atoms with van der Waals surface area (Å²) in [4.78, 5) is 25.6. The van der Waals surface area contributed by atoms with Crippen LogP contribution in [0.2, 0.25) is 0 Å². The van der Waals surface area contributed by atoms with Gasteiger partial charge in [0.25, 0.3) is 0 Å². The Morgan fingerprint density at radius 3 is 3.00 bits per heavy atom. The predicted molar refractivity (Wildman–Crippen MR) is 80.6 cm³/mol. The molecule has 0 aromatic heterocycles. The van der Waals surface area contributed by atoms with E-state index >= 15 is 0 Å². The van der Waals surface area contributed by atoms with E-state index in [2.05, 4.69) is 0 Å². The van der Waals surface area contributed by atoms with Crippen molar-refractivity contribution in [3.8, 4) is 11.5 Å². The van der Waals surface area contributed by atoms with Gasteiger partial charge in [-0.1, -0.05) is 13.0 Å². The molecule has 0 N–H and O–H groups in total. The van der Waals surface area contributed by atoms with Gasteiger partial charge in [0.1, 0.15) is 12.6 Å². The van der Waals surface area contributed by atoms with Crippen LogP contribution in [0.15, 0.2) is 18.2 Å². The molecule has 1 saturated heterocycles. The summed E-state index contributed by atoms with van der Waals surface area (Å²) in [5, 5.41) is 0. The lowest BCUT2D eigenvalue weighted by molar-refractivity contribution is -0.154. The fraction of sp³-hybridized carbons (Fsp3) is 0.467. The van der Waals surface area contributed by atoms with Gasteiger partial charge in [0.15, 0.2) is 11.5 Å². The zero-order valence-electron chi connectivity index (χ0n) is 12.2. The molecule has 22 heavy (non-hydrogen) atoms. The number of rotatable bonds is 4. The number of thioether (sulfide) groups is 1. The molecule has 1 amide bonds. The van der Waals surface area contributed by atoms with Crippen molar-refractivity contribution < 1.29 is 23.8 Å². The minimum Gasteiger partial charge on any atom is -0.459 e. The highest BCUT2D eigenvalue weighted by Gasteiger charge is 2.35. The molecule has 1 aromatic rings. The monoisotopic (exact) mass is 323 g/mol. The third-order valence-corrected chi connectivity index (χ3v) is 4.61. The number of ether oxygens (including phenoxy) is 3. The summed E-state index contributed by atoms with van der Waals surface area (Å²) in [7, 11) is 0. The molecule has 1 aromatic carbocycles. The van der Waals surface area contributed by atoms with Crippen LogP contribution >= 0.6 is 11.8 Å². The summed E-state index contributed by atoms with van der Waals surface area (Å²) in [5.74, 6) is 2.12. The van der Waals surface area contributed by atoms with E-state index in [0.717, 1.165) is 5.56 Å². The van der Waals surface area contributed by atoms with Gasteiger partial charge < -0.3 is 19.1 Å². The molecule has 1 atom stereocenters. The van der Waals surface area contributed by atoms with Crippen LogP contribution in [0.1, 0.15) is 18.9 Å². The molecule has 7 heteroatoms. The summed E-state index contributed by atoms with van der Waals surface area (Å²) in [6.07, 6.45) is 0.395. The molecule has 0 aliphatic carbocycles. The van der Waals surface area contributed by atoms with Crippen molar-refractivity contribution in [2.75, 3.05) is 18.4 Å². The molecule has 0 saturated carbocycles. The first-order chi connectivity index (χ1) is 10.7. The van der Waals surface area contributed by atoms with E-state index in [9.17, 15) is 9.59 Å². The van der Waals surface area contributed by atoms with Crippen LogP contribution in [-0.4, -0.2) is 41.2 Å². The highest BCUT2D eigenvalue weighted by Crippen LogP contribution is 2.32. The van der Waals surface area contributed by atoms with Crippen molar-refractivity contribution in [3.05, 3.63) is 23.8 Å². The number of carbonyl (C=O) groups excluding carboxylic acids is 2. The van der Waals surface area contributed by atoms with E-state index in [4.69, 9.17) is 14.2 Å². The van der Waals surface area contributed by atoms with Gasteiger partial charge in [-0.15, -0.1) is 11.8 Å². The number of carbonyl (C=O) groups is 2. The van der Waals surface area contributed by atoms with Crippen LogP contribution in [0.25, 0.3) is 0 Å². The van der Waals surface area contributed by atoms with Crippen LogP contribution in [0, 0.1) is 0 Å². The molecule has 2 aliphatic rings. The van der Waals surface area contributed by atoms with Crippen LogP contribution < -0.4 is 9.47 Å². The Morgan fingerprint density at radius 1 is 1.36 bits per heavy atom. The lowest BCUT2D eigenvalue weighted by Crippen LogP contribution is -2.42. The van der Waals surface area contributed by atoms with Gasteiger partial charge in [-0.25, -0.2) is 4.79 Å². The second-order valence-electron chi connectivity index (χ2n) is 5.03. The third-order valence-electron chi connectivity index (χ3n) is 3.60. The van der Waals surface area contributed by atoms with Gasteiger partial charge in [0.2, 0.25) is 12.7 Å². The Balaban J connectivity index is 1.59. The summed E-state index contributed by atoms with van der Waals surface area (Å²) in [6.45, 7) is 2.16. The van der Waals surface area contributed by atoms with Crippen molar-refractivity contribution in [3.63, 3.8) is 0 Å². The molecule has 118 valence electrons. The van der Waals surface area contributed by atoms with E-state index < -0.39 is 6.04 Å². The van der Waals surface area contributed by atoms with Gasteiger partial charge in [0.05, 0.1) is 5.88 Å². The molecule has 2 heterocycles. The first-order valence-electron chi connectivity index (χ1n) is 7.11. The molecule has 0 unspecified atom stereocenters. The first-order valence-corrected chi connectivity index (χ1v) is 8.27. The lowest BCUT2D eigenvalue weighted by Gasteiger charge is -2.21. The number of nitrogens with zero attached hydrogens (tertiary/aromatic N) is 1. The van der Waals surface area contributed by atoms with Crippen molar-refractivity contribution in [1.82, 2.24) is 4.90 Å². The first kappa shape index (κ1) is 15.0. The number of esters is 1. The molecular formula is C15H17NO5S. The summed E-state index contributed by atoms with van der Waals surface area (Å²) >= 11 is 1.57. The lowest BCUT2D eigenvalue weighted by atomic mass is 10.2. The largest absolute Gasteiger partial charge is 0.459 e. The zero-order chi connectivity index (χ0) is 15.5. The van der Waals surface area contributed by atoms with E-state index in [1.54, 1.807) is 35.7 Å². The van der Waals surface area contributed by atoms with E-state index in [1.807, 2.05) is 6.07 Å². The van der Waals surface area contributed by atoms with Gasteiger partial charge in [-0.2, -0.15) is 0 Å². The number of benzene rings is 1. The van der Waals surface area contributed by atoms with Crippen LogP contribution in [-0.2, 0) is 20.9 Å². The fourth-order valence-corrected chi connectivity index (χ4v) is 3.53. The predicted octanol–water partition coefficient (Wildman–Crippen LogP) is 1.77. The fourth-order valence-electron chi connectivity index (χ4n) is 2.37. The topological polar surface area (TPSA) is 65.1 Å². The number of amides is 1.